The first kappa shape index (κ1) is 13.9. The summed E-state index contributed by atoms with van der Waals surface area (Å²) in [5.41, 5.74) is 0.797. The van der Waals surface area contributed by atoms with Crippen LogP contribution in [0.4, 0.5) is 0 Å². The molecular formula is C12H14Br2N4. The van der Waals surface area contributed by atoms with Gasteiger partial charge in [-0.3, -0.25) is 9.88 Å². The fourth-order valence-corrected chi connectivity index (χ4v) is 3.23. The smallest absolute Gasteiger partial charge is 0.142 e. The number of piperazine rings is 1. The van der Waals surface area contributed by atoms with Crippen molar-refractivity contribution >= 4 is 31.9 Å². The topological polar surface area (TPSA) is 43.2 Å². The molecule has 1 aliphatic heterocycles. The molecule has 18 heavy (non-hydrogen) atoms. The molecule has 0 N–H and O–H groups in total. The number of aromatic nitrogens is 1. The Kier molecular flexibility index (Phi) is 4.73. The highest BCUT2D eigenvalue weighted by molar-refractivity contribution is 9.11. The van der Waals surface area contributed by atoms with Gasteiger partial charge in [0, 0.05) is 41.3 Å². The van der Waals surface area contributed by atoms with E-state index in [1.807, 2.05) is 6.07 Å². The van der Waals surface area contributed by atoms with E-state index in [0.717, 1.165) is 40.8 Å². The summed E-state index contributed by atoms with van der Waals surface area (Å²) in [6, 6.07) is 4.02. The zero-order valence-corrected chi connectivity index (χ0v) is 13.3. The molecular weight excluding hydrogens is 360 g/mol. The highest BCUT2D eigenvalue weighted by atomic mass is 79.9. The molecule has 0 aliphatic carbocycles. The summed E-state index contributed by atoms with van der Waals surface area (Å²) in [6.07, 6.45) is 1.74. The van der Waals surface area contributed by atoms with Gasteiger partial charge in [0.2, 0.25) is 0 Å². The largest absolute Gasteiger partial charge is 0.304 e. The van der Waals surface area contributed by atoms with Gasteiger partial charge in [-0.2, -0.15) is 5.26 Å². The second kappa shape index (κ2) is 6.11. The summed E-state index contributed by atoms with van der Waals surface area (Å²) in [7, 11) is 2.10. The lowest BCUT2D eigenvalue weighted by molar-refractivity contribution is 0.131. The van der Waals surface area contributed by atoms with Crippen LogP contribution in [0, 0.1) is 11.3 Å². The molecule has 0 saturated carbocycles. The maximum Gasteiger partial charge on any atom is 0.142 e. The quantitative estimate of drug-likeness (QED) is 0.798. The van der Waals surface area contributed by atoms with Gasteiger partial charge in [-0.15, -0.1) is 0 Å². The third-order valence-corrected chi connectivity index (χ3v) is 4.19. The van der Waals surface area contributed by atoms with Gasteiger partial charge < -0.3 is 4.90 Å². The van der Waals surface area contributed by atoms with E-state index in [9.17, 15) is 5.26 Å². The Morgan fingerprint density at radius 1 is 1.33 bits per heavy atom. The van der Waals surface area contributed by atoms with Crippen molar-refractivity contribution in [1.82, 2.24) is 14.8 Å². The number of hydrogen-bond donors (Lipinski definition) is 0. The van der Waals surface area contributed by atoms with Crippen molar-refractivity contribution in [3.8, 4) is 6.07 Å². The Morgan fingerprint density at radius 2 is 2.00 bits per heavy atom. The molecule has 1 aromatic heterocycles. The van der Waals surface area contributed by atoms with Crippen LogP contribution in [-0.2, 0) is 0 Å². The van der Waals surface area contributed by atoms with Crippen molar-refractivity contribution in [2.24, 2.45) is 0 Å². The molecule has 1 saturated heterocycles. The lowest BCUT2D eigenvalue weighted by Gasteiger charge is -2.35. The number of pyridine rings is 1. The van der Waals surface area contributed by atoms with Crippen LogP contribution in [-0.4, -0.2) is 48.0 Å². The molecule has 0 spiro atoms. The molecule has 1 unspecified atom stereocenters. The minimum absolute atomic E-state index is 0.277. The predicted molar refractivity (Wildman–Crippen MR) is 77.1 cm³/mol. The van der Waals surface area contributed by atoms with Gasteiger partial charge >= 0.3 is 0 Å². The van der Waals surface area contributed by atoms with Crippen LogP contribution >= 0.6 is 31.9 Å². The molecule has 2 heterocycles. The van der Waals surface area contributed by atoms with E-state index in [-0.39, 0.29) is 6.04 Å². The van der Waals surface area contributed by atoms with Crippen molar-refractivity contribution < 1.29 is 0 Å². The molecule has 0 bridgehead atoms. The summed E-state index contributed by atoms with van der Waals surface area (Å²) in [5, 5.41) is 9.41. The van der Waals surface area contributed by atoms with Gasteiger partial charge in [0.1, 0.15) is 6.04 Å². The summed E-state index contributed by atoms with van der Waals surface area (Å²) in [6.45, 7) is 3.79. The first-order chi connectivity index (χ1) is 8.61. The Bertz CT molecular complexity index is 464. The Labute approximate surface area is 124 Å². The van der Waals surface area contributed by atoms with Gasteiger partial charge in [-0.25, -0.2) is 0 Å². The lowest BCUT2D eigenvalue weighted by Crippen LogP contribution is -2.45. The second-order valence-electron chi connectivity index (χ2n) is 4.39. The van der Waals surface area contributed by atoms with Crippen LogP contribution in [0.1, 0.15) is 11.7 Å². The summed E-state index contributed by atoms with van der Waals surface area (Å²) >= 11 is 6.86. The molecule has 1 aromatic rings. The van der Waals surface area contributed by atoms with Crippen molar-refractivity contribution in [2.45, 2.75) is 6.04 Å². The van der Waals surface area contributed by atoms with Crippen LogP contribution in [0.3, 0.4) is 0 Å². The van der Waals surface area contributed by atoms with Gasteiger partial charge in [-0.05, 0) is 45.0 Å². The monoisotopic (exact) mass is 372 g/mol. The molecule has 0 radical (unpaired) electrons. The van der Waals surface area contributed by atoms with Crippen LogP contribution in [0.15, 0.2) is 21.2 Å². The summed E-state index contributed by atoms with van der Waals surface area (Å²) < 4.78 is 1.79. The molecule has 0 aromatic carbocycles. The van der Waals surface area contributed by atoms with Crippen molar-refractivity contribution in [2.75, 3.05) is 33.2 Å². The number of hydrogen-bond acceptors (Lipinski definition) is 4. The number of nitriles is 1. The zero-order valence-electron chi connectivity index (χ0n) is 10.1. The van der Waals surface area contributed by atoms with E-state index in [1.54, 1.807) is 6.20 Å². The highest BCUT2D eigenvalue weighted by Crippen LogP contribution is 2.28. The third kappa shape index (κ3) is 3.09. The average molecular weight is 374 g/mol. The first-order valence-corrected chi connectivity index (χ1v) is 7.33. The van der Waals surface area contributed by atoms with Crippen molar-refractivity contribution in [1.29, 1.82) is 5.26 Å². The van der Waals surface area contributed by atoms with E-state index >= 15 is 0 Å². The Morgan fingerprint density at radius 3 is 2.56 bits per heavy atom. The first-order valence-electron chi connectivity index (χ1n) is 5.75. The molecule has 1 aliphatic rings. The fraction of sp³-hybridized carbons (Fsp3) is 0.500. The van der Waals surface area contributed by atoms with Crippen LogP contribution < -0.4 is 0 Å². The van der Waals surface area contributed by atoms with Gasteiger partial charge in [0.25, 0.3) is 0 Å². The summed E-state index contributed by atoms with van der Waals surface area (Å²) in [4.78, 5) is 8.83. The van der Waals surface area contributed by atoms with Crippen LogP contribution in [0.25, 0.3) is 0 Å². The number of likely N-dealkylation sites (N-methyl/N-ethyl adjacent to an activating group) is 1. The average Bonchev–Trinajstić information content (AvgIpc) is 2.35. The fourth-order valence-electron chi connectivity index (χ4n) is 2.02. The Balaban J connectivity index is 2.21. The molecule has 4 nitrogen and oxygen atoms in total. The van der Waals surface area contributed by atoms with Crippen molar-refractivity contribution in [3.63, 3.8) is 0 Å². The van der Waals surface area contributed by atoms with Gasteiger partial charge in [0.05, 0.1) is 11.8 Å². The Hall–Kier alpha value is -0.480. The minimum atomic E-state index is -0.277. The van der Waals surface area contributed by atoms with Crippen molar-refractivity contribution in [3.05, 3.63) is 26.9 Å². The highest BCUT2D eigenvalue weighted by Gasteiger charge is 2.26. The van der Waals surface area contributed by atoms with E-state index in [1.165, 1.54) is 0 Å². The van der Waals surface area contributed by atoms with E-state index in [0.29, 0.717) is 0 Å². The molecule has 1 atom stereocenters. The maximum absolute atomic E-state index is 9.41. The molecule has 0 amide bonds. The zero-order chi connectivity index (χ0) is 13.1. The van der Waals surface area contributed by atoms with Gasteiger partial charge in [-0.1, -0.05) is 0 Å². The molecule has 96 valence electrons. The van der Waals surface area contributed by atoms with Gasteiger partial charge in [0.15, 0.2) is 0 Å². The SMILES string of the molecule is CN1CCN(C(C#N)c2ncc(Br)cc2Br)CC1. The van der Waals surface area contributed by atoms with Crippen LogP contribution in [0.5, 0.6) is 0 Å². The summed E-state index contributed by atoms with van der Waals surface area (Å²) in [5.74, 6) is 0. The van der Waals surface area contributed by atoms with E-state index in [4.69, 9.17) is 0 Å². The molecule has 6 heteroatoms. The molecule has 2 rings (SSSR count). The molecule has 1 fully saturated rings. The minimum Gasteiger partial charge on any atom is -0.304 e. The standard InChI is InChI=1S/C12H14Br2N4/c1-17-2-4-18(5-3-17)11(7-15)12-10(14)6-9(13)8-16-12/h6,8,11H,2-5H2,1H3. The van der Waals surface area contributed by atoms with E-state index in [2.05, 4.69) is 59.8 Å². The predicted octanol–water partition coefficient (Wildman–Crippen LogP) is 2.42. The number of rotatable bonds is 2. The normalized spacial score (nSPS) is 19.4. The lowest BCUT2D eigenvalue weighted by atomic mass is 10.1. The maximum atomic E-state index is 9.41. The number of halogens is 2. The third-order valence-electron chi connectivity index (χ3n) is 3.12. The number of nitrogens with zero attached hydrogens (tertiary/aromatic N) is 4. The second-order valence-corrected chi connectivity index (χ2v) is 6.16. The van der Waals surface area contributed by atoms with E-state index < -0.39 is 0 Å². The van der Waals surface area contributed by atoms with Crippen LogP contribution in [0.2, 0.25) is 0 Å².